The zero-order valence-electron chi connectivity index (χ0n) is 16.1. The number of hydrogen-bond donors (Lipinski definition) is 0. The summed E-state index contributed by atoms with van der Waals surface area (Å²) in [6, 6.07) is 14.5. The Bertz CT molecular complexity index is 902. The minimum absolute atomic E-state index is 0.0377. The summed E-state index contributed by atoms with van der Waals surface area (Å²) in [4.78, 5) is 41.5. The first-order chi connectivity index (χ1) is 13.6. The van der Waals surface area contributed by atoms with Crippen molar-refractivity contribution in [1.82, 2.24) is 9.80 Å². The molecule has 28 heavy (non-hydrogen) atoms. The van der Waals surface area contributed by atoms with Crippen LogP contribution in [0.2, 0.25) is 0 Å². The zero-order valence-corrected chi connectivity index (χ0v) is 16.1. The smallest absolute Gasteiger partial charge is 0.261 e. The lowest BCUT2D eigenvalue weighted by Gasteiger charge is -2.35. The highest BCUT2D eigenvalue weighted by molar-refractivity contribution is 6.21. The molecule has 5 nitrogen and oxygen atoms in total. The van der Waals surface area contributed by atoms with E-state index in [1.807, 2.05) is 29.2 Å². The zero-order chi connectivity index (χ0) is 19.7. The number of hydrogen-bond acceptors (Lipinski definition) is 3. The molecule has 0 aliphatic carbocycles. The van der Waals surface area contributed by atoms with Crippen molar-refractivity contribution in [1.29, 1.82) is 0 Å². The number of amides is 3. The molecule has 2 aromatic carbocycles. The second-order valence-corrected chi connectivity index (χ2v) is 7.50. The lowest BCUT2D eigenvalue weighted by atomic mass is 9.98. The van der Waals surface area contributed by atoms with Gasteiger partial charge in [-0.1, -0.05) is 31.2 Å². The summed E-state index contributed by atoms with van der Waals surface area (Å²) in [6.07, 6.45) is 4.22. The predicted octanol–water partition coefficient (Wildman–Crippen LogP) is 3.89. The Kier molecular flexibility index (Phi) is 4.99. The Morgan fingerprint density at radius 1 is 1.00 bits per heavy atom. The molecule has 0 bridgehead atoms. The Balaban J connectivity index is 1.54. The van der Waals surface area contributed by atoms with Crippen LogP contribution in [0.3, 0.4) is 0 Å². The molecule has 1 atom stereocenters. The van der Waals surface area contributed by atoms with Crippen molar-refractivity contribution in [2.24, 2.45) is 0 Å². The van der Waals surface area contributed by atoms with Crippen LogP contribution in [0.4, 0.5) is 0 Å². The van der Waals surface area contributed by atoms with E-state index in [1.54, 1.807) is 24.3 Å². The predicted molar refractivity (Wildman–Crippen MR) is 106 cm³/mol. The summed E-state index contributed by atoms with van der Waals surface area (Å²) >= 11 is 0. The van der Waals surface area contributed by atoms with Crippen LogP contribution in [0, 0.1) is 0 Å². The Morgan fingerprint density at radius 3 is 2.39 bits per heavy atom. The summed E-state index contributed by atoms with van der Waals surface area (Å²) in [5, 5.41) is 0. The number of carbonyl (C=O) groups excluding carboxylic acids is 3. The maximum atomic E-state index is 13.0. The summed E-state index contributed by atoms with van der Waals surface area (Å²) in [5.41, 5.74) is 2.29. The van der Waals surface area contributed by atoms with Gasteiger partial charge in [0.1, 0.15) is 0 Å². The SMILES string of the molecule is CCC1CCCCN1C(=O)c1cccc(CN2C(=O)c3ccccc3C2=O)c1. The van der Waals surface area contributed by atoms with E-state index in [4.69, 9.17) is 0 Å². The molecule has 0 saturated carbocycles. The second-order valence-electron chi connectivity index (χ2n) is 7.50. The third-order valence-electron chi connectivity index (χ3n) is 5.75. The first-order valence-electron chi connectivity index (χ1n) is 9.95. The monoisotopic (exact) mass is 376 g/mol. The van der Waals surface area contributed by atoms with Gasteiger partial charge in [-0.3, -0.25) is 19.3 Å². The van der Waals surface area contributed by atoms with Crippen LogP contribution >= 0.6 is 0 Å². The molecule has 4 rings (SSSR count). The Labute approximate surface area is 164 Å². The van der Waals surface area contributed by atoms with E-state index < -0.39 is 0 Å². The molecule has 2 aromatic rings. The molecule has 0 N–H and O–H groups in total. The minimum Gasteiger partial charge on any atom is -0.336 e. The van der Waals surface area contributed by atoms with Crippen LogP contribution in [0.1, 0.15) is 69.2 Å². The maximum Gasteiger partial charge on any atom is 0.261 e. The van der Waals surface area contributed by atoms with Crippen molar-refractivity contribution in [3.63, 3.8) is 0 Å². The second kappa shape index (κ2) is 7.58. The van der Waals surface area contributed by atoms with Gasteiger partial charge in [-0.15, -0.1) is 0 Å². The number of rotatable bonds is 4. The van der Waals surface area contributed by atoms with Crippen LogP contribution in [-0.2, 0) is 6.54 Å². The molecule has 5 heteroatoms. The highest BCUT2D eigenvalue weighted by Gasteiger charge is 2.35. The van der Waals surface area contributed by atoms with E-state index in [9.17, 15) is 14.4 Å². The summed E-state index contributed by atoms with van der Waals surface area (Å²) in [6.45, 7) is 3.08. The van der Waals surface area contributed by atoms with E-state index in [0.717, 1.165) is 31.4 Å². The number of nitrogens with zero attached hydrogens (tertiary/aromatic N) is 2. The normalized spacial score (nSPS) is 19.1. The number of imide groups is 1. The third kappa shape index (κ3) is 3.21. The number of fused-ring (bicyclic) bond motifs is 1. The lowest BCUT2D eigenvalue weighted by Crippen LogP contribution is -2.43. The van der Waals surface area contributed by atoms with Gasteiger partial charge in [-0.25, -0.2) is 0 Å². The molecule has 0 spiro atoms. The summed E-state index contributed by atoms with van der Waals surface area (Å²) in [5.74, 6) is -0.519. The van der Waals surface area contributed by atoms with Gasteiger partial charge in [-0.05, 0) is 55.5 Å². The van der Waals surface area contributed by atoms with Crippen LogP contribution in [0.5, 0.6) is 0 Å². The average molecular weight is 376 g/mol. The average Bonchev–Trinajstić information content (AvgIpc) is 2.98. The largest absolute Gasteiger partial charge is 0.336 e. The number of carbonyl (C=O) groups is 3. The van der Waals surface area contributed by atoms with Gasteiger partial charge in [0.25, 0.3) is 17.7 Å². The van der Waals surface area contributed by atoms with Crippen LogP contribution in [0.25, 0.3) is 0 Å². The molecule has 3 amide bonds. The van der Waals surface area contributed by atoms with Crippen molar-refractivity contribution in [3.05, 3.63) is 70.8 Å². The number of likely N-dealkylation sites (tertiary alicyclic amines) is 1. The topological polar surface area (TPSA) is 57.7 Å². The van der Waals surface area contributed by atoms with Gasteiger partial charge in [0.05, 0.1) is 17.7 Å². The standard InChI is InChI=1S/C23H24N2O3/c1-2-18-10-5-6-13-24(18)21(26)17-9-7-8-16(14-17)15-25-22(27)19-11-3-4-12-20(19)23(25)28/h3-4,7-9,11-12,14,18H,2,5-6,10,13,15H2,1H3. The van der Waals surface area contributed by atoms with E-state index in [0.29, 0.717) is 22.7 Å². The lowest BCUT2D eigenvalue weighted by molar-refractivity contribution is 0.0607. The fourth-order valence-corrected chi connectivity index (χ4v) is 4.23. The van der Waals surface area contributed by atoms with Gasteiger partial charge in [0.15, 0.2) is 0 Å². The molecule has 2 aliphatic rings. The van der Waals surface area contributed by atoms with E-state index >= 15 is 0 Å². The van der Waals surface area contributed by atoms with Crippen molar-refractivity contribution >= 4 is 17.7 Å². The van der Waals surface area contributed by atoms with Crippen molar-refractivity contribution in [2.75, 3.05) is 6.54 Å². The molecule has 1 fully saturated rings. The molecule has 1 unspecified atom stereocenters. The fourth-order valence-electron chi connectivity index (χ4n) is 4.23. The molecule has 0 radical (unpaired) electrons. The Morgan fingerprint density at radius 2 is 1.71 bits per heavy atom. The molecule has 0 aromatic heterocycles. The maximum absolute atomic E-state index is 13.0. The van der Waals surface area contributed by atoms with Gasteiger partial charge in [0.2, 0.25) is 0 Å². The fraction of sp³-hybridized carbons (Fsp3) is 0.348. The molecule has 2 heterocycles. The molecular formula is C23H24N2O3. The summed E-state index contributed by atoms with van der Waals surface area (Å²) < 4.78 is 0. The van der Waals surface area contributed by atoms with E-state index in [2.05, 4.69) is 6.92 Å². The van der Waals surface area contributed by atoms with Crippen molar-refractivity contribution in [2.45, 2.75) is 45.2 Å². The number of benzene rings is 2. The van der Waals surface area contributed by atoms with Crippen LogP contribution in [-0.4, -0.2) is 40.1 Å². The molecule has 1 saturated heterocycles. The van der Waals surface area contributed by atoms with Gasteiger partial charge in [0, 0.05) is 18.2 Å². The van der Waals surface area contributed by atoms with Gasteiger partial charge >= 0.3 is 0 Å². The third-order valence-corrected chi connectivity index (χ3v) is 5.75. The van der Waals surface area contributed by atoms with E-state index in [1.165, 1.54) is 11.3 Å². The van der Waals surface area contributed by atoms with Crippen molar-refractivity contribution in [3.8, 4) is 0 Å². The highest BCUT2D eigenvalue weighted by atomic mass is 16.2. The number of piperidine rings is 1. The summed E-state index contributed by atoms with van der Waals surface area (Å²) in [7, 11) is 0. The Hall–Kier alpha value is -2.95. The first-order valence-corrected chi connectivity index (χ1v) is 9.95. The first kappa shape index (κ1) is 18.4. The molecule has 144 valence electrons. The quantitative estimate of drug-likeness (QED) is 0.761. The van der Waals surface area contributed by atoms with Crippen molar-refractivity contribution < 1.29 is 14.4 Å². The van der Waals surface area contributed by atoms with Gasteiger partial charge < -0.3 is 4.90 Å². The minimum atomic E-state index is -0.278. The van der Waals surface area contributed by atoms with Crippen LogP contribution in [0.15, 0.2) is 48.5 Å². The molecular weight excluding hydrogens is 352 g/mol. The van der Waals surface area contributed by atoms with Gasteiger partial charge in [-0.2, -0.15) is 0 Å². The van der Waals surface area contributed by atoms with E-state index in [-0.39, 0.29) is 24.3 Å². The van der Waals surface area contributed by atoms with Crippen LogP contribution < -0.4 is 0 Å². The highest BCUT2D eigenvalue weighted by Crippen LogP contribution is 2.25. The molecule has 2 aliphatic heterocycles.